The number of nitrogens with two attached hydrogens (primary N) is 8. The van der Waals surface area contributed by atoms with Crippen LogP contribution in [0.1, 0.15) is 0 Å². The van der Waals surface area contributed by atoms with Gasteiger partial charge in [0.25, 0.3) is 0 Å². The maximum atomic E-state index is 6.27. The van der Waals surface area contributed by atoms with Gasteiger partial charge in [-0.2, -0.15) is 0 Å². The van der Waals surface area contributed by atoms with Crippen molar-refractivity contribution in [3.8, 4) is 0 Å². The van der Waals surface area contributed by atoms with E-state index in [9.17, 15) is 0 Å². The molecule has 16 N–H and O–H groups in total. The fraction of sp³-hybridized carbons (Fsp3) is 1.00. The summed E-state index contributed by atoms with van der Waals surface area (Å²) in [7, 11) is 0. The lowest BCUT2D eigenvalue weighted by atomic mass is 9.73. The molecule has 0 spiro atoms. The van der Waals surface area contributed by atoms with Gasteiger partial charge in [0, 0.05) is 6.04 Å². The number of hydrogen-bond donors (Lipinski definition) is 8. The Morgan fingerprint density at radius 2 is 1.24 bits per heavy atom. The highest BCUT2D eigenvalue weighted by atomic mass is 16.5. The molecular weight excluding hydrogens is 224 g/mol. The monoisotopic (exact) mass is 246 g/mol. The van der Waals surface area contributed by atoms with Crippen LogP contribution in [0.3, 0.4) is 0 Å². The molecule has 2 fully saturated rings. The van der Waals surface area contributed by atoms with Gasteiger partial charge >= 0.3 is 0 Å². The van der Waals surface area contributed by atoms with Crippen molar-refractivity contribution in [2.24, 2.45) is 51.8 Å². The van der Waals surface area contributed by atoms with Crippen molar-refractivity contribution in [3.63, 3.8) is 0 Å². The lowest BCUT2D eigenvalue weighted by Gasteiger charge is -2.50. The van der Waals surface area contributed by atoms with Crippen LogP contribution in [0.2, 0.25) is 0 Å². The smallest absolute Gasteiger partial charge is 0.124 e. The van der Waals surface area contributed by atoms with Crippen molar-refractivity contribution in [1.29, 1.82) is 0 Å². The zero-order valence-corrected chi connectivity index (χ0v) is 9.49. The first kappa shape index (κ1) is 13.1. The number of rotatable bonds is 0. The Balaban J connectivity index is 2.50. The second-order valence-electron chi connectivity index (χ2n) is 5.12. The zero-order valence-electron chi connectivity index (χ0n) is 9.49. The second kappa shape index (κ2) is 3.57. The minimum Gasteiger partial charge on any atom is -0.344 e. The summed E-state index contributed by atoms with van der Waals surface area (Å²) in [6.45, 7) is 0. The molecule has 9 nitrogen and oxygen atoms in total. The predicted octanol–water partition coefficient (Wildman–Crippen LogP) is -5.49. The highest BCUT2D eigenvalue weighted by Crippen LogP contribution is 2.43. The summed E-state index contributed by atoms with van der Waals surface area (Å²) in [6, 6.07) is -2.16. The van der Waals surface area contributed by atoms with Crippen molar-refractivity contribution in [3.05, 3.63) is 0 Å². The summed E-state index contributed by atoms with van der Waals surface area (Å²) < 4.78 is 5.29. The van der Waals surface area contributed by atoms with E-state index in [1.807, 2.05) is 0 Å². The van der Waals surface area contributed by atoms with E-state index in [0.717, 1.165) is 0 Å². The molecule has 1 heterocycles. The highest BCUT2D eigenvalue weighted by Gasteiger charge is 2.68. The van der Waals surface area contributed by atoms with Crippen LogP contribution in [0.4, 0.5) is 0 Å². The predicted molar refractivity (Wildman–Crippen MR) is 62.5 cm³/mol. The molecule has 2 rings (SSSR count). The summed E-state index contributed by atoms with van der Waals surface area (Å²) >= 11 is 0. The summed E-state index contributed by atoms with van der Waals surface area (Å²) in [6.07, 6.45) is -1.66. The van der Waals surface area contributed by atoms with Gasteiger partial charge in [-0.1, -0.05) is 0 Å². The lowest BCUT2D eigenvalue weighted by Crippen LogP contribution is -2.80. The van der Waals surface area contributed by atoms with E-state index in [2.05, 4.69) is 0 Å². The lowest BCUT2D eigenvalue weighted by molar-refractivity contribution is -0.130. The van der Waals surface area contributed by atoms with Crippen LogP contribution >= 0.6 is 0 Å². The molecule has 7 unspecified atom stereocenters. The van der Waals surface area contributed by atoms with Crippen LogP contribution in [0, 0.1) is 5.92 Å². The van der Waals surface area contributed by atoms with Gasteiger partial charge < -0.3 is 50.6 Å². The van der Waals surface area contributed by atoms with E-state index in [1.54, 1.807) is 0 Å². The van der Waals surface area contributed by atoms with Crippen molar-refractivity contribution >= 4 is 0 Å². The minimum atomic E-state index is -1.34. The first-order chi connectivity index (χ1) is 7.65. The first-order valence-electron chi connectivity index (χ1n) is 5.45. The molecule has 9 heteroatoms. The molecule has 0 aromatic carbocycles. The number of ether oxygens (including phenoxy) is 1. The molecule has 7 atom stereocenters. The molecule has 0 aromatic rings. The van der Waals surface area contributed by atoms with E-state index in [0.29, 0.717) is 0 Å². The van der Waals surface area contributed by atoms with Crippen LogP contribution in [-0.2, 0) is 4.74 Å². The Kier molecular flexibility index (Phi) is 2.75. The Bertz CT molecular complexity index is 325. The van der Waals surface area contributed by atoms with Gasteiger partial charge in [0.2, 0.25) is 0 Å². The molecule has 0 bridgehead atoms. The normalized spacial score (nSPS) is 57.9. The SMILES string of the molecule is NC1OC(N)C2C(N)(N)C(N)C(N)C2(N)C1N. The second-order valence-corrected chi connectivity index (χ2v) is 5.12. The molecule has 1 saturated carbocycles. The zero-order chi connectivity index (χ0) is 13.2. The van der Waals surface area contributed by atoms with Gasteiger partial charge in [0.05, 0.1) is 29.2 Å². The molecule has 2 aliphatic rings. The fourth-order valence-corrected chi connectivity index (χ4v) is 3.10. The van der Waals surface area contributed by atoms with Gasteiger partial charge in [-0.25, -0.2) is 0 Å². The van der Waals surface area contributed by atoms with Crippen molar-refractivity contribution in [2.75, 3.05) is 0 Å². The molecule has 17 heavy (non-hydrogen) atoms. The Morgan fingerprint density at radius 1 is 0.706 bits per heavy atom. The molecule has 100 valence electrons. The van der Waals surface area contributed by atoms with Gasteiger partial charge in [0.15, 0.2) is 0 Å². The molecule has 0 aromatic heterocycles. The van der Waals surface area contributed by atoms with Gasteiger partial charge in [-0.05, 0) is 0 Å². The topological polar surface area (TPSA) is 217 Å². The molecule has 1 saturated heterocycles. The molecular formula is C8H22N8O. The molecule has 1 aliphatic carbocycles. The van der Waals surface area contributed by atoms with Crippen molar-refractivity contribution in [1.82, 2.24) is 0 Å². The Morgan fingerprint density at radius 3 is 1.76 bits per heavy atom. The van der Waals surface area contributed by atoms with E-state index >= 15 is 0 Å². The largest absolute Gasteiger partial charge is 0.344 e. The summed E-state index contributed by atoms with van der Waals surface area (Å²) in [5.41, 5.74) is 45.2. The van der Waals surface area contributed by atoms with Gasteiger partial charge in [-0.3, -0.25) is 0 Å². The van der Waals surface area contributed by atoms with Crippen LogP contribution in [0.15, 0.2) is 0 Å². The third-order valence-electron chi connectivity index (χ3n) is 4.19. The quantitative estimate of drug-likeness (QED) is 0.191. The van der Waals surface area contributed by atoms with Crippen LogP contribution in [-0.4, -0.2) is 41.8 Å². The van der Waals surface area contributed by atoms with E-state index in [1.165, 1.54) is 0 Å². The first-order valence-corrected chi connectivity index (χ1v) is 5.45. The maximum absolute atomic E-state index is 6.27. The summed E-state index contributed by atoms with van der Waals surface area (Å²) in [4.78, 5) is 0. The molecule has 0 amide bonds. The Hall–Kier alpha value is -0.360. The van der Waals surface area contributed by atoms with Gasteiger partial charge in [0.1, 0.15) is 12.5 Å². The van der Waals surface area contributed by atoms with E-state index < -0.39 is 47.7 Å². The van der Waals surface area contributed by atoms with Crippen molar-refractivity contribution in [2.45, 2.75) is 41.8 Å². The van der Waals surface area contributed by atoms with E-state index in [-0.39, 0.29) is 0 Å². The third kappa shape index (κ3) is 1.40. The summed E-state index contributed by atoms with van der Waals surface area (Å²) in [5, 5.41) is 0. The standard InChI is InChI=1S/C8H22N8O/c9-2-3(10)8(15,16)1-5(12)17-6(13)4(11)7(1,2)14/h1-6H,9-16H2. The van der Waals surface area contributed by atoms with Crippen molar-refractivity contribution < 1.29 is 4.74 Å². The van der Waals surface area contributed by atoms with Crippen LogP contribution in [0.25, 0.3) is 0 Å². The van der Waals surface area contributed by atoms with Crippen LogP contribution in [0.5, 0.6) is 0 Å². The molecule has 0 radical (unpaired) electrons. The Labute approximate surface area is 99.1 Å². The average molecular weight is 246 g/mol. The van der Waals surface area contributed by atoms with E-state index in [4.69, 9.17) is 50.6 Å². The van der Waals surface area contributed by atoms with Crippen LogP contribution < -0.4 is 45.9 Å². The van der Waals surface area contributed by atoms with Gasteiger partial charge in [-0.15, -0.1) is 0 Å². The third-order valence-corrected chi connectivity index (χ3v) is 4.19. The maximum Gasteiger partial charge on any atom is 0.124 e. The molecule has 1 aliphatic heterocycles. The summed E-state index contributed by atoms with van der Waals surface area (Å²) in [5.74, 6) is -0.658. The average Bonchev–Trinajstić information content (AvgIpc) is 2.35. The minimum absolute atomic E-state index is 0.658. The fourth-order valence-electron chi connectivity index (χ4n) is 3.10. The highest BCUT2D eigenvalue weighted by molar-refractivity contribution is 5.28. The number of hydrogen-bond acceptors (Lipinski definition) is 9. The number of fused-ring (bicyclic) bond motifs is 1.